The van der Waals surface area contributed by atoms with Crippen LogP contribution in [0.25, 0.3) is 0 Å². The van der Waals surface area contributed by atoms with Crippen LogP contribution < -0.4 is 5.32 Å². The highest BCUT2D eigenvalue weighted by atomic mass is 32.1. The highest BCUT2D eigenvalue weighted by Crippen LogP contribution is 2.31. The molecule has 0 atom stereocenters. The predicted octanol–water partition coefficient (Wildman–Crippen LogP) is 5.07. The normalized spacial score (nSPS) is 21.7. The van der Waals surface area contributed by atoms with Gasteiger partial charge in [-0.15, -0.1) is 22.7 Å². The number of nitrogens with one attached hydrogen (secondary N) is 1. The SMILES string of the molecule is Cc1ncc(CC(=O)N[C@H]2CC[C@H](CCN3CCc4sc(CCC(F)(F)F)nc4C3)CC2)s1. The molecule has 0 aromatic carbocycles. The van der Waals surface area contributed by atoms with Crippen LogP contribution in [0.2, 0.25) is 0 Å². The van der Waals surface area contributed by atoms with E-state index in [0.717, 1.165) is 78.6 Å². The van der Waals surface area contributed by atoms with Crippen molar-refractivity contribution in [2.45, 2.75) is 83.5 Å². The second-order valence-corrected chi connectivity index (χ2v) is 11.7. The van der Waals surface area contributed by atoms with Gasteiger partial charge in [-0.05, 0) is 57.9 Å². The van der Waals surface area contributed by atoms with Crippen LogP contribution in [0.1, 0.15) is 64.0 Å². The summed E-state index contributed by atoms with van der Waals surface area (Å²) in [6, 6.07) is 0.269. The molecule has 0 spiro atoms. The number of rotatable bonds is 8. The molecule has 2 aliphatic rings. The second kappa shape index (κ2) is 10.8. The van der Waals surface area contributed by atoms with E-state index in [1.807, 2.05) is 6.92 Å². The molecule has 1 fully saturated rings. The van der Waals surface area contributed by atoms with Crippen LogP contribution >= 0.6 is 22.7 Å². The minimum Gasteiger partial charge on any atom is -0.353 e. The maximum Gasteiger partial charge on any atom is 0.389 e. The van der Waals surface area contributed by atoms with Crippen molar-refractivity contribution >= 4 is 28.6 Å². The summed E-state index contributed by atoms with van der Waals surface area (Å²) >= 11 is 3.03. The van der Waals surface area contributed by atoms with Crippen LogP contribution in [-0.2, 0) is 30.6 Å². The number of hydrogen-bond acceptors (Lipinski definition) is 6. The molecular formula is C23H31F3N4OS2. The summed E-state index contributed by atoms with van der Waals surface area (Å²) in [5.74, 6) is 0.755. The number of alkyl halides is 3. The fraction of sp³-hybridized carbons (Fsp3) is 0.696. The number of amides is 1. The lowest BCUT2D eigenvalue weighted by Gasteiger charge is -2.32. The number of nitrogens with zero attached hydrogens (tertiary/aromatic N) is 3. The summed E-state index contributed by atoms with van der Waals surface area (Å²) in [4.78, 5) is 25.6. The molecule has 0 saturated heterocycles. The topological polar surface area (TPSA) is 58.1 Å². The third-order valence-electron chi connectivity index (χ3n) is 6.54. The third kappa shape index (κ3) is 7.48. The van der Waals surface area contributed by atoms with Crippen LogP contribution in [0.3, 0.4) is 0 Å². The van der Waals surface area contributed by atoms with E-state index in [2.05, 4.69) is 20.2 Å². The number of carbonyl (C=O) groups is 1. The van der Waals surface area contributed by atoms with E-state index in [0.29, 0.717) is 17.3 Å². The van der Waals surface area contributed by atoms with Crippen molar-refractivity contribution < 1.29 is 18.0 Å². The number of thiazole rings is 2. The van der Waals surface area contributed by atoms with Gasteiger partial charge < -0.3 is 5.32 Å². The van der Waals surface area contributed by atoms with Crippen LogP contribution in [0.4, 0.5) is 13.2 Å². The molecule has 1 aliphatic carbocycles. The minimum absolute atomic E-state index is 0.00913. The Kier molecular flexibility index (Phi) is 8.07. The molecular weight excluding hydrogens is 469 g/mol. The van der Waals surface area contributed by atoms with Crippen LogP contribution in [0, 0.1) is 12.8 Å². The van der Waals surface area contributed by atoms with E-state index in [1.165, 1.54) is 11.3 Å². The molecule has 1 saturated carbocycles. The van der Waals surface area contributed by atoms with Crippen LogP contribution in [0.15, 0.2) is 6.20 Å². The monoisotopic (exact) mass is 500 g/mol. The van der Waals surface area contributed by atoms with Crippen molar-refractivity contribution in [1.82, 2.24) is 20.2 Å². The highest BCUT2D eigenvalue weighted by molar-refractivity contribution is 7.12. The molecule has 1 aliphatic heterocycles. The average molecular weight is 501 g/mol. The van der Waals surface area contributed by atoms with Gasteiger partial charge in [0.1, 0.15) is 0 Å². The van der Waals surface area contributed by atoms with Gasteiger partial charge in [-0.25, -0.2) is 9.97 Å². The van der Waals surface area contributed by atoms with Crippen molar-refractivity contribution in [3.8, 4) is 0 Å². The zero-order valence-electron chi connectivity index (χ0n) is 18.9. The molecule has 4 rings (SSSR count). The van der Waals surface area contributed by atoms with Gasteiger partial charge in [-0.3, -0.25) is 9.69 Å². The Bertz CT molecular complexity index is 935. The lowest BCUT2D eigenvalue weighted by Crippen LogP contribution is -2.39. The van der Waals surface area contributed by atoms with Gasteiger partial charge >= 0.3 is 6.18 Å². The molecule has 5 nitrogen and oxygen atoms in total. The van der Waals surface area contributed by atoms with Crippen molar-refractivity contribution in [2.24, 2.45) is 5.92 Å². The van der Waals surface area contributed by atoms with E-state index in [9.17, 15) is 18.0 Å². The fourth-order valence-corrected chi connectivity index (χ4v) is 6.60. The first kappa shape index (κ1) is 24.6. The van der Waals surface area contributed by atoms with Gasteiger partial charge in [0.15, 0.2) is 0 Å². The number of hydrogen-bond donors (Lipinski definition) is 1. The lowest BCUT2D eigenvalue weighted by molar-refractivity contribution is -0.134. The summed E-state index contributed by atoms with van der Waals surface area (Å²) < 4.78 is 37.5. The fourth-order valence-electron chi connectivity index (χ4n) is 4.74. The summed E-state index contributed by atoms with van der Waals surface area (Å²) in [6.07, 6.45) is 3.59. The number of fused-ring (bicyclic) bond motifs is 1. The Hall–Kier alpha value is -1.52. The van der Waals surface area contributed by atoms with E-state index < -0.39 is 12.6 Å². The zero-order chi connectivity index (χ0) is 23.4. The molecule has 3 heterocycles. The molecule has 1 amide bonds. The molecule has 182 valence electrons. The Balaban J connectivity index is 1.15. The lowest BCUT2D eigenvalue weighted by atomic mass is 9.84. The molecule has 2 aromatic rings. The van der Waals surface area contributed by atoms with Gasteiger partial charge in [0.25, 0.3) is 0 Å². The molecule has 0 radical (unpaired) electrons. The zero-order valence-corrected chi connectivity index (χ0v) is 20.6. The highest BCUT2D eigenvalue weighted by Gasteiger charge is 2.29. The van der Waals surface area contributed by atoms with Gasteiger partial charge in [0.05, 0.1) is 22.1 Å². The number of carbonyl (C=O) groups excluding carboxylic acids is 1. The van der Waals surface area contributed by atoms with Crippen LogP contribution in [0.5, 0.6) is 0 Å². The smallest absolute Gasteiger partial charge is 0.353 e. The first-order chi connectivity index (χ1) is 15.7. The summed E-state index contributed by atoms with van der Waals surface area (Å²) in [5, 5.41) is 4.79. The average Bonchev–Trinajstić information content (AvgIpc) is 3.36. The minimum atomic E-state index is -4.12. The predicted molar refractivity (Wildman–Crippen MR) is 125 cm³/mol. The van der Waals surface area contributed by atoms with Gasteiger partial charge in [-0.1, -0.05) is 0 Å². The van der Waals surface area contributed by atoms with Crippen molar-refractivity contribution in [3.63, 3.8) is 0 Å². The standard InChI is InChI=1S/C23H31F3N4OS2/c1-15-27-13-18(32-15)12-21(31)28-17-4-2-16(3-5-17)7-10-30-11-8-20-19(14-30)29-22(33-20)6-9-23(24,25)26/h13,16-17H,2-12,14H2,1H3,(H,28,31)/t16-,17-. The van der Waals surface area contributed by atoms with Crippen molar-refractivity contribution in [3.05, 3.63) is 31.7 Å². The maximum atomic E-state index is 12.5. The summed E-state index contributed by atoms with van der Waals surface area (Å²) in [7, 11) is 0. The van der Waals surface area contributed by atoms with Crippen molar-refractivity contribution in [1.29, 1.82) is 0 Å². The molecule has 0 unspecified atom stereocenters. The molecule has 0 bridgehead atoms. The Labute approximate surface area is 200 Å². The summed E-state index contributed by atoms with van der Waals surface area (Å²) in [6.45, 7) is 4.65. The van der Waals surface area contributed by atoms with Gasteiger partial charge in [0.2, 0.25) is 5.91 Å². The van der Waals surface area contributed by atoms with Gasteiger partial charge in [0, 0.05) is 47.9 Å². The first-order valence-corrected chi connectivity index (χ1v) is 13.3. The molecule has 1 N–H and O–H groups in total. The first-order valence-electron chi connectivity index (χ1n) is 11.7. The number of aromatic nitrogens is 2. The summed E-state index contributed by atoms with van der Waals surface area (Å²) in [5.41, 5.74) is 0.978. The Morgan fingerprint density at radius 3 is 2.73 bits per heavy atom. The van der Waals surface area contributed by atoms with E-state index in [1.54, 1.807) is 17.5 Å². The third-order valence-corrected chi connectivity index (χ3v) is 8.67. The van der Waals surface area contributed by atoms with Gasteiger partial charge in [-0.2, -0.15) is 13.2 Å². The number of halogens is 3. The quantitative estimate of drug-likeness (QED) is 0.550. The van der Waals surface area contributed by atoms with E-state index >= 15 is 0 Å². The molecule has 2 aromatic heterocycles. The van der Waals surface area contributed by atoms with E-state index in [4.69, 9.17) is 0 Å². The van der Waals surface area contributed by atoms with Crippen molar-refractivity contribution in [2.75, 3.05) is 13.1 Å². The van der Waals surface area contributed by atoms with E-state index in [-0.39, 0.29) is 18.4 Å². The Morgan fingerprint density at radius 1 is 1.24 bits per heavy atom. The second-order valence-electron chi connectivity index (χ2n) is 9.22. The van der Waals surface area contributed by atoms with Crippen LogP contribution in [-0.4, -0.2) is 46.1 Å². The number of aryl methyl sites for hydroxylation is 2. The largest absolute Gasteiger partial charge is 0.389 e. The molecule has 33 heavy (non-hydrogen) atoms. The molecule has 10 heteroatoms. The Morgan fingerprint density at radius 2 is 2.03 bits per heavy atom. The maximum absolute atomic E-state index is 12.5.